The molecule has 0 bridgehead atoms. The van der Waals surface area contributed by atoms with Gasteiger partial charge in [-0.15, -0.1) is 0 Å². The van der Waals surface area contributed by atoms with Crippen molar-refractivity contribution in [2.24, 2.45) is 17.6 Å². The van der Waals surface area contributed by atoms with E-state index in [9.17, 15) is 4.79 Å². The smallest absolute Gasteiger partial charge is 0.227 e. The van der Waals surface area contributed by atoms with Crippen molar-refractivity contribution in [1.29, 1.82) is 0 Å². The second kappa shape index (κ2) is 6.23. The Morgan fingerprint density at radius 3 is 2.47 bits per heavy atom. The average molecular weight is 267 g/mol. The average Bonchev–Trinajstić information content (AvgIpc) is 2.41. The lowest BCUT2D eigenvalue weighted by molar-refractivity contribution is -0.139. The van der Waals surface area contributed by atoms with Crippen molar-refractivity contribution in [3.63, 3.8) is 0 Å². The number of rotatable bonds is 2. The van der Waals surface area contributed by atoms with Gasteiger partial charge in [-0.05, 0) is 51.7 Å². The van der Waals surface area contributed by atoms with Crippen LogP contribution in [0.4, 0.5) is 0 Å². The van der Waals surface area contributed by atoms with Crippen molar-refractivity contribution in [3.05, 3.63) is 0 Å². The number of nitrogens with zero attached hydrogens (tertiary/aromatic N) is 2. The summed E-state index contributed by atoms with van der Waals surface area (Å²) in [4.78, 5) is 17.0. The quantitative estimate of drug-likeness (QED) is 0.820. The molecule has 1 heterocycles. The normalized spacial score (nSPS) is 34.2. The Bertz CT molecular complexity index is 313. The first-order valence-electron chi connectivity index (χ1n) is 7.71. The second-order valence-electron chi connectivity index (χ2n) is 6.58. The Kier molecular flexibility index (Phi) is 4.85. The molecule has 2 aliphatic rings. The van der Waals surface area contributed by atoms with Gasteiger partial charge in [0.15, 0.2) is 0 Å². The Morgan fingerprint density at radius 2 is 1.84 bits per heavy atom. The molecule has 0 aromatic rings. The van der Waals surface area contributed by atoms with Crippen LogP contribution in [0.3, 0.4) is 0 Å². The summed E-state index contributed by atoms with van der Waals surface area (Å²) in [6.45, 7) is 4.37. The fourth-order valence-electron chi connectivity index (χ4n) is 3.55. The molecule has 1 aliphatic heterocycles. The number of likely N-dealkylation sites (tertiary alicyclic amines) is 1. The van der Waals surface area contributed by atoms with Gasteiger partial charge in [-0.3, -0.25) is 4.79 Å². The van der Waals surface area contributed by atoms with Crippen LogP contribution in [-0.4, -0.2) is 55.0 Å². The van der Waals surface area contributed by atoms with Gasteiger partial charge in [-0.1, -0.05) is 13.3 Å². The molecule has 0 aromatic carbocycles. The van der Waals surface area contributed by atoms with E-state index in [1.54, 1.807) is 0 Å². The molecular weight excluding hydrogens is 238 g/mol. The molecule has 0 aromatic heterocycles. The molecule has 2 N–H and O–H groups in total. The van der Waals surface area contributed by atoms with Crippen LogP contribution in [0.1, 0.15) is 39.0 Å². The third kappa shape index (κ3) is 3.29. The molecule has 1 aliphatic carbocycles. The van der Waals surface area contributed by atoms with E-state index in [-0.39, 0.29) is 17.9 Å². The predicted octanol–water partition coefficient (Wildman–Crippen LogP) is 1.30. The van der Waals surface area contributed by atoms with E-state index in [0.717, 1.165) is 38.8 Å². The predicted molar refractivity (Wildman–Crippen MR) is 77.8 cm³/mol. The molecule has 0 spiro atoms. The summed E-state index contributed by atoms with van der Waals surface area (Å²) in [6, 6.07) is 0.461. The second-order valence-corrected chi connectivity index (χ2v) is 6.58. The van der Waals surface area contributed by atoms with Crippen LogP contribution < -0.4 is 5.73 Å². The SMILES string of the molecule is CC1CCCC(C(=O)N(C)C2CCN(C)CC2)C1N. The van der Waals surface area contributed by atoms with E-state index < -0.39 is 0 Å². The lowest BCUT2D eigenvalue weighted by Crippen LogP contribution is -2.52. The van der Waals surface area contributed by atoms with Crippen LogP contribution in [0.2, 0.25) is 0 Å². The maximum atomic E-state index is 12.7. The van der Waals surface area contributed by atoms with Gasteiger partial charge in [-0.2, -0.15) is 0 Å². The summed E-state index contributed by atoms with van der Waals surface area (Å²) >= 11 is 0. The monoisotopic (exact) mass is 267 g/mol. The van der Waals surface area contributed by atoms with E-state index >= 15 is 0 Å². The first kappa shape index (κ1) is 14.8. The molecule has 4 nitrogen and oxygen atoms in total. The number of hydrogen-bond donors (Lipinski definition) is 1. The zero-order chi connectivity index (χ0) is 14.0. The molecular formula is C15H29N3O. The Morgan fingerprint density at radius 1 is 1.21 bits per heavy atom. The first-order chi connectivity index (χ1) is 9.00. The van der Waals surface area contributed by atoms with Crippen LogP contribution in [0.5, 0.6) is 0 Å². The van der Waals surface area contributed by atoms with Crippen molar-refractivity contribution >= 4 is 5.91 Å². The molecule has 1 saturated heterocycles. The van der Waals surface area contributed by atoms with Gasteiger partial charge < -0.3 is 15.5 Å². The lowest BCUT2D eigenvalue weighted by Gasteiger charge is -2.40. The molecule has 3 unspecified atom stereocenters. The fraction of sp³-hybridized carbons (Fsp3) is 0.933. The summed E-state index contributed by atoms with van der Waals surface area (Å²) < 4.78 is 0. The van der Waals surface area contributed by atoms with E-state index in [0.29, 0.717) is 12.0 Å². The molecule has 110 valence electrons. The standard InChI is InChI=1S/C15H29N3O/c1-11-5-4-6-13(14(11)16)15(19)18(3)12-7-9-17(2)10-8-12/h11-14H,4-10,16H2,1-3H3. The topological polar surface area (TPSA) is 49.6 Å². The zero-order valence-electron chi connectivity index (χ0n) is 12.6. The maximum absolute atomic E-state index is 12.7. The van der Waals surface area contributed by atoms with Gasteiger partial charge in [0.1, 0.15) is 0 Å². The number of nitrogens with two attached hydrogens (primary N) is 1. The van der Waals surface area contributed by atoms with Gasteiger partial charge in [0.2, 0.25) is 5.91 Å². The number of piperidine rings is 1. The third-order valence-electron chi connectivity index (χ3n) is 5.20. The zero-order valence-corrected chi connectivity index (χ0v) is 12.6. The molecule has 2 fully saturated rings. The number of amides is 1. The molecule has 1 saturated carbocycles. The summed E-state index contributed by atoms with van der Waals surface area (Å²) in [5.41, 5.74) is 6.26. The van der Waals surface area contributed by atoms with Crippen LogP contribution in [0.15, 0.2) is 0 Å². The largest absolute Gasteiger partial charge is 0.342 e. The molecule has 0 radical (unpaired) electrons. The molecule has 2 rings (SSSR count). The molecule has 3 atom stereocenters. The third-order valence-corrected chi connectivity index (χ3v) is 5.20. The highest BCUT2D eigenvalue weighted by molar-refractivity contribution is 5.79. The van der Waals surface area contributed by atoms with Crippen LogP contribution in [0.25, 0.3) is 0 Å². The Hall–Kier alpha value is -0.610. The summed E-state index contributed by atoms with van der Waals surface area (Å²) in [5, 5.41) is 0. The number of hydrogen-bond acceptors (Lipinski definition) is 3. The van der Waals surface area contributed by atoms with Gasteiger partial charge in [-0.25, -0.2) is 0 Å². The maximum Gasteiger partial charge on any atom is 0.227 e. The van der Waals surface area contributed by atoms with Gasteiger partial charge >= 0.3 is 0 Å². The highest BCUT2D eigenvalue weighted by atomic mass is 16.2. The van der Waals surface area contributed by atoms with E-state index in [1.165, 1.54) is 6.42 Å². The fourth-order valence-corrected chi connectivity index (χ4v) is 3.55. The minimum atomic E-state index is 0.0495. The van der Waals surface area contributed by atoms with Crippen molar-refractivity contribution in [3.8, 4) is 0 Å². The Balaban J connectivity index is 1.94. The summed E-state index contributed by atoms with van der Waals surface area (Å²) in [7, 11) is 4.13. The van der Waals surface area contributed by atoms with Crippen LogP contribution in [0, 0.1) is 11.8 Å². The number of carbonyl (C=O) groups is 1. The van der Waals surface area contributed by atoms with Gasteiger partial charge in [0.25, 0.3) is 0 Å². The van der Waals surface area contributed by atoms with Crippen LogP contribution >= 0.6 is 0 Å². The molecule has 19 heavy (non-hydrogen) atoms. The van der Waals surface area contributed by atoms with E-state index in [2.05, 4.69) is 18.9 Å². The first-order valence-corrected chi connectivity index (χ1v) is 7.71. The Labute approximate surface area is 117 Å². The molecule has 4 heteroatoms. The summed E-state index contributed by atoms with van der Waals surface area (Å²) in [5.74, 6) is 0.815. The highest BCUT2D eigenvalue weighted by Crippen LogP contribution is 2.30. The summed E-state index contributed by atoms with van der Waals surface area (Å²) in [6.07, 6.45) is 5.48. The minimum absolute atomic E-state index is 0.0495. The van der Waals surface area contributed by atoms with Gasteiger partial charge in [0, 0.05) is 19.1 Å². The van der Waals surface area contributed by atoms with E-state index in [4.69, 9.17) is 5.73 Å². The lowest BCUT2D eigenvalue weighted by atomic mass is 9.77. The van der Waals surface area contributed by atoms with E-state index in [1.807, 2.05) is 11.9 Å². The molecule has 1 amide bonds. The van der Waals surface area contributed by atoms with Crippen molar-refractivity contribution in [1.82, 2.24) is 9.80 Å². The minimum Gasteiger partial charge on any atom is -0.342 e. The van der Waals surface area contributed by atoms with Crippen molar-refractivity contribution in [2.75, 3.05) is 27.2 Å². The number of carbonyl (C=O) groups excluding carboxylic acids is 1. The highest BCUT2D eigenvalue weighted by Gasteiger charge is 2.36. The van der Waals surface area contributed by atoms with Crippen molar-refractivity contribution < 1.29 is 4.79 Å². The van der Waals surface area contributed by atoms with Crippen molar-refractivity contribution in [2.45, 2.75) is 51.1 Å². The van der Waals surface area contributed by atoms with Gasteiger partial charge in [0.05, 0.1) is 5.92 Å². The van der Waals surface area contributed by atoms with Crippen LogP contribution in [-0.2, 0) is 4.79 Å².